The van der Waals surface area contributed by atoms with E-state index in [9.17, 15) is 4.79 Å². The molecule has 0 fully saturated rings. The number of carbonyl (C=O) groups is 1. The van der Waals surface area contributed by atoms with E-state index in [4.69, 9.17) is 10.8 Å². The van der Waals surface area contributed by atoms with Gasteiger partial charge in [0.15, 0.2) is 0 Å². The summed E-state index contributed by atoms with van der Waals surface area (Å²) < 4.78 is 1.62. The number of benzene rings is 2. The summed E-state index contributed by atoms with van der Waals surface area (Å²) in [5.41, 5.74) is 9.13. The number of aliphatic carboxylic acids is 1. The Kier molecular flexibility index (Phi) is 4.27. The fraction of sp³-hybridized carbons (Fsp3) is 0.0714. The van der Waals surface area contributed by atoms with Gasteiger partial charge >= 0.3 is 5.97 Å². The summed E-state index contributed by atoms with van der Waals surface area (Å²) >= 11 is 6.86. The lowest BCUT2D eigenvalue weighted by molar-refractivity contribution is -0.136. The molecule has 98 valence electrons. The molecule has 0 spiro atoms. The zero-order chi connectivity index (χ0) is 14.0. The molecule has 0 aliphatic heterocycles. The number of carboxylic acids is 1. The maximum absolute atomic E-state index is 10.8. The Bertz CT molecular complexity index is 641. The number of hydrogen-bond donors (Lipinski definition) is 2. The van der Waals surface area contributed by atoms with Crippen LogP contribution in [0, 0.1) is 0 Å². The van der Waals surface area contributed by atoms with Crippen molar-refractivity contribution < 1.29 is 9.90 Å². The smallest absolute Gasteiger partial charge is 0.307 e. The Balaban J connectivity index is 2.59. The second kappa shape index (κ2) is 5.75. The van der Waals surface area contributed by atoms with Crippen molar-refractivity contribution in [2.75, 3.05) is 5.73 Å². The molecule has 0 saturated heterocycles. The van der Waals surface area contributed by atoms with Crippen molar-refractivity contribution in [2.45, 2.75) is 6.42 Å². The number of rotatable bonds is 3. The normalized spacial score (nSPS) is 10.4. The predicted molar refractivity (Wildman–Crippen MR) is 83.0 cm³/mol. The Hall–Kier alpha value is -1.33. The average molecular weight is 385 g/mol. The maximum Gasteiger partial charge on any atom is 0.307 e. The molecule has 3 N–H and O–H groups in total. The average Bonchev–Trinajstić information content (AvgIpc) is 2.34. The van der Waals surface area contributed by atoms with Crippen molar-refractivity contribution in [1.82, 2.24) is 0 Å². The van der Waals surface area contributed by atoms with Gasteiger partial charge in [-0.05, 0) is 45.3 Å². The van der Waals surface area contributed by atoms with Crippen LogP contribution in [0.1, 0.15) is 5.56 Å². The van der Waals surface area contributed by atoms with Crippen molar-refractivity contribution in [3.05, 3.63) is 50.9 Å². The van der Waals surface area contributed by atoms with Crippen LogP contribution in [0.15, 0.2) is 45.3 Å². The first-order valence-corrected chi connectivity index (χ1v) is 7.12. The van der Waals surface area contributed by atoms with Crippen molar-refractivity contribution in [3.63, 3.8) is 0 Å². The highest BCUT2D eigenvalue weighted by Crippen LogP contribution is 2.37. The molecule has 2 aromatic carbocycles. The zero-order valence-electron chi connectivity index (χ0n) is 9.86. The van der Waals surface area contributed by atoms with E-state index in [0.717, 1.165) is 15.6 Å². The van der Waals surface area contributed by atoms with E-state index in [2.05, 4.69) is 31.9 Å². The molecule has 0 saturated carbocycles. The SMILES string of the molecule is Nc1c(Br)cc(CC(=O)O)cc1-c1ccccc1Br. The number of hydrogen-bond acceptors (Lipinski definition) is 2. The Morgan fingerprint density at radius 2 is 1.79 bits per heavy atom. The van der Waals surface area contributed by atoms with Crippen LogP contribution in [0.25, 0.3) is 11.1 Å². The van der Waals surface area contributed by atoms with Crippen LogP contribution in [0.4, 0.5) is 5.69 Å². The first-order valence-electron chi connectivity index (χ1n) is 5.53. The number of carboxylic acid groups (broad SMARTS) is 1. The summed E-state index contributed by atoms with van der Waals surface area (Å²) in [5, 5.41) is 8.89. The van der Waals surface area contributed by atoms with Gasteiger partial charge in [0.25, 0.3) is 0 Å². The Morgan fingerprint density at radius 3 is 2.42 bits per heavy atom. The van der Waals surface area contributed by atoms with Crippen LogP contribution in [0.3, 0.4) is 0 Å². The highest BCUT2D eigenvalue weighted by molar-refractivity contribution is 9.11. The number of anilines is 1. The van der Waals surface area contributed by atoms with Crippen molar-refractivity contribution in [3.8, 4) is 11.1 Å². The standard InChI is InChI=1S/C14H11Br2NO2/c15-11-4-2-1-3-9(11)10-5-8(7-13(18)19)6-12(16)14(10)17/h1-6H,7,17H2,(H,18,19). The summed E-state index contributed by atoms with van der Waals surface area (Å²) in [7, 11) is 0. The topological polar surface area (TPSA) is 63.3 Å². The lowest BCUT2D eigenvalue weighted by Crippen LogP contribution is -2.02. The van der Waals surface area contributed by atoms with Crippen molar-refractivity contribution >= 4 is 43.5 Å². The lowest BCUT2D eigenvalue weighted by atomic mass is 10.00. The molecule has 0 aromatic heterocycles. The fourth-order valence-electron chi connectivity index (χ4n) is 1.85. The molecule has 0 bridgehead atoms. The number of halogens is 2. The number of nitrogen functional groups attached to an aromatic ring is 1. The van der Waals surface area contributed by atoms with E-state index in [1.54, 1.807) is 6.07 Å². The second-order valence-corrected chi connectivity index (χ2v) is 5.80. The third-order valence-electron chi connectivity index (χ3n) is 2.71. The van der Waals surface area contributed by atoms with Crippen LogP contribution in [0.2, 0.25) is 0 Å². The van der Waals surface area contributed by atoms with Gasteiger partial charge in [-0.3, -0.25) is 4.79 Å². The van der Waals surface area contributed by atoms with Gasteiger partial charge in [-0.2, -0.15) is 0 Å². The Labute approximate surface area is 127 Å². The van der Waals surface area contributed by atoms with Gasteiger partial charge < -0.3 is 10.8 Å². The third kappa shape index (κ3) is 3.16. The molecular formula is C14H11Br2NO2. The molecule has 0 aliphatic rings. The highest BCUT2D eigenvalue weighted by Gasteiger charge is 2.12. The molecule has 0 atom stereocenters. The fourth-order valence-corrected chi connectivity index (χ4v) is 2.86. The molecular weight excluding hydrogens is 374 g/mol. The van der Waals surface area contributed by atoms with Gasteiger partial charge in [0.2, 0.25) is 0 Å². The van der Waals surface area contributed by atoms with E-state index < -0.39 is 5.97 Å². The largest absolute Gasteiger partial charge is 0.481 e. The van der Waals surface area contributed by atoms with Crippen LogP contribution in [0.5, 0.6) is 0 Å². The molecule has 0 radical (unpaired) electrons. The summed E-state index contributed by atoms with van der Waals surface area (Å²) in [6, 6.07) is 11.2. The summed E-state index contributed by atoms with van der Waals surface area (Å²) in [6.07, 6.45) is -0.0314. The molecule has 19 heavy (non-hydrogen) atoms. The molecule has 0 unspecified atom stereocenters. The minimum absolute atomic E-state index is 0.0314. The molecule has 3 nitrogen and oxygen atoms in total. The first kappa shape index (κ1) is 14.1. The van der Waals surface area contributed by atoms with Crippen molar-refractivity contribution in [2.24, 2.45) is 0 Å². The Morgan fingerprint density at radius 1 is 1.11 bits per heavy atom. The van der Waals surface area contributed by atoms with Gasteiger partial charge in [-0.15, -0.1) is 0 Å². The second-order valence-electron chi connectivity index (χ2n) is 4.09. The number of nitrogens with two attached hydrogens (primary N) is 1. The minimum Gasteiger partial charge on any atom is -0.481 e. The molecule has 5 heteroatoms. The molecule has 0 aliphatic carbocycles. The van der Waals surface area contributed by atoms with Crippen LogP contribution >= 0.6 is 31.9 Å². The van der Waals surface area contributed by atoms with Gasteiger partial charge in [0.05, 0.1) is 12.1 Å². The highest BCUT2D eigenvalue weighted by atomic mass is 79.9. The van der Waals surface area contributed by atoms with E-state index in [0.29, 0.717) is 15.7 Å². The monoisotopic (exact) mass is 383 g/mol. The third-order valence-corrected chi connectivity index (χ3v) is 4.06. The summed E-state index contributed by atoms with van der Waals surface area (Å²) in [4.78, 5) is 10.8. The van der Waals surface area contributed by atoms with Gasteiger partial charge in [0.1, 0.15) is 0 Å². The predicted octanol–water partition coefficient (Wildman–Crippen LogP) is 4.09. The molecule has 0 heterocycles. The van der Waals surface area contributed by atoms with E-state index >= 15 is 0 Å². The van der Waals surface area contributed by atoms with E-state index in [1.165, 1.54) is 0 Å². The molecule has 0 amide bonds. The van der Waals surface area contributed by atoms with Gasteiger partial charge in [-0.1, -0.05) is 34.1 Å². The van der Waals surface area contributed by atoms with Crippen LogP contribution in [-0.2, 0) is 11.2 Å². The summed E-state index contributed by atoms with van der Waals surface area (Å²) in [6.45, 7) is 0. The zero-order valence-corrected chi connectivity index (χ0v) is 13.0. The quantitative estimate of drug-likeness (QED) is 0.783. The first-order chi connectivity index (χ1) is 8.99. The van der Waals surface area contributed by atoms with Gasteiger partial charge in [0, 0.05) is 14.5 Å². The summed E-state index contributed by atoms with van der Waals surface area (Å²) in [5.74, 6) is -0.866. The van der Waals surface area contributed by atoms with Crippen LogP contribution < -0.4 is 5.73 Å². The molecule has 2 aromatic rings. The molecule has 2 rings (SSSR count). The maximum atomic E-state index is 10.8. The van der Waals surface area contributed by atoms with Crippen molar-refractivity contribution in [1.29, 1.82) is 0 Å². The van der Waals surface area contributed by atoms with Crippen LogP contribution in [-0.4, -0.2) is 11.1 Å². The minimum atomic E-state index is -0.866. The lowest BCUT2D eigenvalue weighted by Gasteiger charge is -2.12. The van der Waals surface area contributed by atoms with Gasteiger partial charge in [-0.25, -0.2) is 0 Å². The van der Waals surface area contributed by atoms with E-state index in [1.807, 2.05) is 30.3 Å². The van der Waals surface area contributed by atoms with E-state index in [-0.39, 0.29) is 6.42 Å².